The highest BCUT2D eigenvalue weighted by Crippen LogP contribution is 2.38. The van der Waals surface area contributed by atoms with Gasteiger partial charge in [0.1, 0.15) is 0 Å². The minimum atomic E-state index is 0.293. The van der Waals surface area contributed by atoms with Crippen molar-refractivity contribution >= 4 is 0 Å². The molecule has 0 aromatic heterocycles. The Bertz CT molecular complexity index is 230. The van der Waals surface area contributed by atoms with E-state index in [2.05, 4.69) is 11.8 Å². The van der Waals surface area contributed by atoms with Crippen molar-refractivity contribution in [2.75, 3.05) is 19.7 Å². The van der Waals surface area contributed by atoms with E-state index in [0.717, 1.165) is 25.0 Å². The quantitative estimate of drug-likeness (QED) is 0.741. The van der Waals surface area contributed by atoms with Gasteiger partial charge < -0.3 is 10.8 Å². The summed E-state index contributed by atoms with van der Waals surface area (Å²) in [7, 11) is 0. The molecule has 3 N–H and O–H groups in total. The van der Waals surface area contributed by atoms with Crippen LogP contribution in [0.4, 0.5) is 0 Å². The Hall–Kier alpha value is -0.120. The van der Waals surface area contributed by atoms with Crippen LogP contribution in [-0.2, 0) is 0 Å². The molecule has 0 aromatic carbocycles. The van der Waals surface area contributed by atoms with Crippen molar-refractivity contribution in [3.8, 4) is 0 Å². The number of aliphatic hydroxyl groups excluding tert-OH is 1. The van der Waals surface area contributed by atoms with Crippen molar-refractivity contribution in [3.63, 3.8) is 0 Å². The molecule has 2 rings (SSSR count). The molecule has 0 spiro atoms. The first-order chi connectivity index (χ1) is 8.30. The molecule has 2 aliphatic rings. The summed E-state index contributed by atoms with van der Waals surface area (Å²) in [6.07, 6.45) is 7.89. The van der Waals surface area contributed by atoms with Crippen LogP contribution in [-0.4, -0.2) is 41.8 Å². The van der Waals surface area contributed by atoms with Gasteiger partial charge in [-0.15, -0.1) is 0 Å². The van der Waals surface area contributed by atoms with E-state index in [0.29, 0.717) is 18.6 Å². The largest absolute Gasteiger partial charge is 0.395 e. The Morgan fingerprint density at radius 3 is 2.53 bits per heavy atom. The predicted molar refractivity (Wildman–Crippen MR) is 70.8 cm³/mol. The van der Waals surface area contributed by atoms with Crippen LogP contribution in [0.1, 0.15) is 45.4 Å². The van der Waals surface area contributed by atoms with Crippen molar-refractivity contribution < 1.29 is 5.11 Å². The first kappa shape index (κ1) is 13.3. The molecule has 2 fully saturated rings. The molecule has 3 atom stereocenters. The van der Waals surface area contributed by atoms with E-state index in [4.69, 9.17) is 5.73 Å². The van der Waals surface area contributed by atoms with Gasteiger partial charge in [-0.25, -0.2) is 0 Å². The van der Waals surface area contributed by atoms with E-state index in [1.807, 2.05) is 0 Å². The maximum Gasteiger partial charge on any atom is 0.0558 e. The molecule has 0 radical (unpaired) electrons. The molecular weight excluding hydrogens is 212 g/mol. The third-order valence-corrected chi connectivity index (χ3v) is 4.74. The fourth-order valence-corrected chi connectivity index (χ4v) is 3.49. The Morgan fingerprint density at radius 2 is 2.00 bits per heavy atom. The average molecular weight is 240 g/mol. The van der Waals surface area contributed by atoms with E-state index >= 15 is 0 Å². The van der Waals surface area contributed by atoms with Crippen LogP contribution < -0.4 is 5.73 Å². The van der Waals surface area contributed by atoms with Gasteiger partial charge in [-0.2, -0.15) is 0 Å². The third kappa shape index (κ3) is 3.21. The summed E-state index contributed by atoms with van der Waals surface area (Å²) >= 11 is 0. The Kier molecular flexibility index (Phi) is 4.83. The molecule has 17 heavy (non-hydrogen) atoms. The van der Waals surface area contributed by atoms with Crippen molar-refractivity contribution in [2.45, 2.75) is 57.5 Å². The molecule has 0 aliphatic heterocycles. The lowest BCUT2D eigenvalue weighted by atomic mass is 9.76. The molecular formula is C14H28N2O. The van der Waals surface area contributed by atoms with Crippen LogP contribution in [0.15, 0.2) is 0 Å². The van der Waals surface area contributed by atoms with E-state index in [1.54, 1.807) is 0 Å². The first-order valence-corrected chi connectivity index (χ1v) is 7.36. The molecule has 0 aromatic rings. The minimum absolute atomic E-state index is 0.293. The molecule has 0 amide bonds. The van der Waals surface area contributed by atoms with Gasteiger partial charge in [0.25, 0.3) is 0 Å². The van der Waals surface area contributed by atoms with Gasteiger partial charge in [0.05, 0.1) is 6.61 Å². The molecule has 2 saturated carbocycles. The zero-order chi connectivity index (χ0) is 12.3. The number of rotatable bonds is 6. The minimum Gasteiger partial charge on any atom is -0.395 e. The summed E-state index contributed by atoms with van der Waals surface area (Å²) in [5, 5.41) is 9.25. The van der Waals surface area contributed by atoms with Crippen LogP contribution >= 0.6 is 0 Å². The van der Waals surface area contributed by atoms with E-state index in [1.165, 1.54) is 38.5 Å². The van der Waals surface area contributed by atoms with E-state index < -0.39 is 0 Å². The SMILES string of the molecule is CCC1CCC(CN)C(N(CCO)C2CC2)C1. The molecule has 3 heteroatoms. The highest BCUT2D eigenvalue weighted by atomic mass is 16.3. The number of hydrogen-bond acceptors (Lipinski definition) is 3. The number of nitrogens with zero attached hydrogens (tertiary/aromatic N) is 1. The summed E-state index contributed by atoms with van der Waals surface area (Å²) < 4.78 is 0. The molecule has 0 saturated heterocycles. The van der Waals surface area contributed by atoms with Crippen molar-refractivity contribution in [3.05, 3.63) is 0 Å². The monoisotopic (exact) mass is 240 g/mol. The Balaban J connectivity index is 2.01. The second-order valence-corrected chi connectivity index (χ2v) is 5.84. The normalized spacial score (nSPS) is 34.2. The van der Waals surface area contributed by atoms with Gasteiger partial charge in [-0.1, -0.05) is 19.8 Å². The summed E-state index contributed by atoms with van der Waals surface area (Å²) in [6.45, 7) is 4.26. The summed E-state index contributed by atoms with van der Waals surface area (Å²) in [6, 6.07) is 1.38. The summed E-state index contributed by atoms with van der Waals surface area (Å²) in [5.74, 6) is 1.53. The molecule has 0 heterocycles. The van der Waals surface area contributed by atoms with Gasteiger partial charge in [-0.3, -0.25) is 4.90 Å². The van der Waals surface area contributed by atoms with Crippen molar-refractivity contribution in [1.29, 1.82) is 0 Å². The highest BCUT2D eigenvalue weighted by Gasteiger charge is 2.39. The van der Waals surface area contributed by atoms with Crippen LogP contribution in [0.25, 0.3) is 0 Å². The second kappa shape index (κ2) is 6.17. The fourth-order valence-electron chi connectivity index (χ4n) is 3.49. The van der Waals surface area contributed by atoms with Crippen molar-refractivity contribution in [2.24, 2.45) is 17.6 Å². The predicted octanol–water partition coefficient (Wildman–Crippen LogP) is 1.60. The standard InChI is InChI=1S/C14H28N2O/c1-2-11-3-4-12(10-15)14(9-11)16(7-8-17)13-5-6-13/h11-14,17H,2-10,15H2,1H3. The summed E-state index contributed by atoms with van der Waals surface area (Å²) in [5.41, 5.74) is 5.95. The summed E-state index contributed by atoms with van der Waals surface area (Å²) in [4.78, 5) is 2.57. The van der Waals surface area contributed by atoms with Gasteiger partial charge in [0.2, 0.25) is 0 Å². The smallest absolute Gasteiger partial charge is 0.0558 e. The zero-order valence-corrected chi connectivity index (χ0v) is 11.1. The lowest BCUT2D eigenvalue weighted by Gasteiger charge is -2.42. The Morgan fingerprint density at radius 1 is 1.24 bits per heavy atom. The molecule has 2 aliphatic carbocycles. The van der Waals surface area contributed by atoms with Gasteiger partial charge in [-0.05, 0) is 44.1 Å². The van der Waals surface area contributed by atoms with Gasteiger partial charge in [0.15, 0.2) is 0 Å². The van der Waals surface area contributed by atoms with Crippen LogP contribution in [0, 0.1) is 11.8 Å². The van der Waals surface area contributed by atoms with Gasteiger partial charge >= 0.3 is 0 Å². The number of aliphatic hydroxyl groups is 1. The molecule has 3 nitrogen and oxygen atoms in total. The second-order valence-electron chi connectivity index (χ2n) is 5.84. The van der Waals surface area contributed by atoms with Crippen LogP contribution in [0.2, 0.25) is 0 Å². The third-order valence-electron chi connectivity index (χ3n) is 4.74. The number of nitrogens with two attached hydrogens (primary N) is 1. The Labute approximate surface area is 105 Å². The topological polar surface area (TPSA) is 49.5 Å². The maximum absolute atomic E-state index is 9.25. The molecule has 0 bridgehead atoms. The maximum atomic E-state index is 9.25. The van der Waals surface area contributed by atoms with Crippen LogP contribution in [0.3, 0.4) is 0 Å². The van der Waals surface area contributed by atoms with Crippen LogP contribution in [0.5, 0.6) is 0 Å². The van der Waals surface area contributed by atoms with Crippen molar-refractivity contribution in [1.82, 2.24) is 4.90 Å². The first-order valence-electron chi connectivity index (χ1n) is 7.36. The fraction of sp³-hybridized carbons (Fsp3) is 1.00. The lowest BCUT2D eigenvalue weighted by Crippen LogP contribution is -2.48. The van der Waals surface area contributed by atoms with E-state index in [9.17, 15) is 5.11 Å². The zero-order valence-electron chi connectivity index (χ0n) is 11.1. The lowest BCUT2D eigenvalue weighted by molar-refractivity contribution is 0.0590. The van der Waals surface area contributed by atoms with Gasteiger partial charge in [0, 0.05) is 18.6 Å². The molecule has 100 valence electrons. The highest BCUT2D eigenvalue weighted by molar-refractivity contribution is 4.94. The van der Waals surface area contributed by atoms with E-state index in [-0.39, 0.29) is 0 Å². The molecule has 3 unspecified atom stereocenters. The average Bonchev–Trinajstić information content (AvgIpc) is 3.19. The number of hydrogen-bond donors (Lipinski definition) is 2.